The minimum absolute atomic E-state index is 0.163. The van der Waals surface area contributed by atoms with Crippen molar-refractivity contribution in [2.45, 2.75) is 23.0 Å². The Labute approximate surface area is 117 Å². The molecule has 0 radical (unpaired) electrons. The van der Waals surface area contributed by atoms with Crippen molar-refractivity contribution in [2.24, 2.45) is 0 Å². The predicted octanol–water partition coefficient (Wildman–Crippen LogP) is 4.61. The van der Waals surface area contributed by atoms with Gasteiger partial charge in [0.2, 0.25) is 5.28 Å². The Morgan fingerprint density at radius 1 is 1.11 bits per heavy atom. The summed E-state index contributed by atoms with van der Waals surface area (Å²) >= 11 is 6.62. The topological polar surface area (TPSA) is 25.8 Å². The summed E-state index contributed by atoms with van der Waals surface area (Å²) in [6, 6.07) is 8.24. The van der Waals surface area contributed by atoms with Crippen LogP contribution in [0, 0.1) is 6.92 Å². The van der Waals surface area contributed by atoms with Gasteiger partial charge in [-0.15, -0.1) is 0 Å². The van der Waals surface area contributed by atoms with Gasteiger partial charge in [-0.2, -0.15) is 13.2 Å². The molecule has 1 aromatic carbocycles. The lowest BCUT2D eigenvalue weighted by Gasteiger charge is -2.08. The summed E-state index contributed by atoms with van der Waals surface area (Å²) in [5, 5.41) is -0.249. The number of halogens is 4. The highest BCUT2D eigenvalue weighted by Crippen LogP contribution is 2.33. The van der Waals surface area contributed by atoms with Crippen LogP contribution in [0.3, 0.4) is 0 Å². The maximum atomic E-state index is 12.6. The highest BCUT2D eigenvalue weighted by molar-refractivity contribution is 7.99. The number of aryl methyl sites for hydroxylation is 1. The number of aromatic nitrogens is 2. The molecule has 100 valence electrons. The van der Waals surface area contributed by atoms with Crippen molar-refractivity contribution < 1.29 is 13.2 Å². The molecule has 2 aromatic rings. The summed E-state index contributed by atoms with van der Waals surface area (Å²) in [5.41, 5.74) is 0.0307. The average Bonchev–Trinajstić information content (AvgIpc) is 2.30. The van der Waals surface area contributed by atoms with E-state index >= 15 is 0 Å². The van der Waals surface area contributed by atoms with E-state index < -0.39 is 17.2 Å². The van der Waals surface area contributed by atoms with E-state index in [4.69, 9.17) is 11.6 Å². The molecule has 0 saturated carbocycles. The first kappa shape index (κ1) is 14.1. The zero-order valence-electron chi connectivity index (χ0n) is 9.70. The van der Waals surface area contributed by atoms with Crippen LogP contribution in [0.4, 0.5) is 13.2 Å². The molecule has 0 atom stereocenters. The minimum Gasteiger partial charge on any atom is -0.213 e. The van der Waals surface area contributed by atoms with Crippen molar-refractivity contribution in [1.82, 2.24) is 9.97 Å². The summed E-state index contributed by atoms with van der Waals surface area (Å²) in [6.07, 6.45) is -4.53. The Bertz CT molecular complexity index is 585. The van der Waals surface area contributed by atoms with Crippen LogP contribution in [0.2, 0.25) is 5.28 Å². The second-order valence-electron chi connectivity index (χ2n) is 3.77. The molecule has 0 unspecified atom stereocenters. The molecule has 0 aliphatic carbocycles. The zero-order chi connectivity index (χ0) is 14.0. The zero-order valence-corrected chi connectivity index (χ0v) is 11.3. The van der Waals surface area contributed by atoms with Crippen molar-refractivity contribution >= 4 is 23.4 Å². The molecule has 1 heterocycles. The van der Waals surface area contributed by atoms with Crippen LogP contribution in [0.15, 0.2) is 40.3 Å². The highest BCUT2D eigenvalue weighted by Gasteiger charge is 2.33. The molecular formula is C12H8ClF3N2S. The summed E-state index contributed by atoms with van der Waals surface area (Å²) in [4.78, 5) is 7.74. The Hall–Kier alpha value is -1.27. The molecule has 1 aromatic heterocycles. The number of benzene rings is 1. The fourth-order valence-corrected chi connectivity index (χ4v) is 2.37. The third-order valence-electron chi connectivity index (χ3n) is 2.21. The summed E-state index contributed by atoms with van der Waals surface area (Å²) in [7, 11) is 0. The van der Waals surface area contributed by atoms with E-state index in [1.54, 1.807) is 0 Å². The summed E-state index contributed by atoms with van der Waals surface area (Å²) < 4.78 is 37.7. The summed E-state index contributed by atoms with van der Waals surface area (Å²) in [5.74, 6) is 0. The molecular weight excluding hydrogens is 297 g/mol. The number of rotatable bonds is 2. The first-order valence-corrected chi connectivity index (χ1v) is 6.40. The lowest BCUT2D eigenvalue weighted by molar-refractivity contribution is -0.141. The van der Waals surface area contributed by atoms with Gasteiger partial charge in [-0.25, -0.2) is 9.97 Å². The van der Waals surface area contributed by atoms with Crippen molar-refractivity contribution in [3.05, 3.63) is 46.9 Å². The van der Waals surface area contributed by atoms with Crippen LogP contribution in [-0.4, -0.2) is 9.97 Å². The van der Waals surface area contributed by atoms with Gasteiger partial charge in [0.05, 0.1) is 0 Å². The van der Waals surface area contributed by atoms with Crippen molar-refractivity contribution in [2.75, 3.05) is 0 Å². The van der Waals surface area contributed by atoms with E-state index in [0.717, 1.165) is 28.3 Å². The van der Waals surface area contributed by atoms with Crippen LogP contribution in [0.5, 0.6) is 0 Å². The van der Waals surface area contributed by atoms with Crippen molar-refractivity contribution in [1.29, 1.82) is 0 Å². The maximum absolute atomic E-state index is 12.6. The second kappa shape index (κ2) is 5.38. The van der Waals surface area contributed by atoms with Crippen molar-refractivity contribution in [3.8, 4) is 0 Å². The maximum Gasteiger partial charge on any atom is 0.433 e. The molecule has 0 spiro atoms. The SMILES string of the molecule is Cc1ccc(Sc2cc(C(F)(F)F)nc(Cl)n2)cc1. The fraction of sp³-hybridized carbons (Fsp3) is 0.167. The van der Waals surface area contributed by atoms with Crippen LogP contribution in [-0.2, 0) is 6.18 Å². The lowest BCUT2D eigenvalue weighted by atomic mass is 10.2. The minimum atomic E-state index is -4.53. The van der Waals surface area contributed by atoms with Gasteiger partial charge in [0.25, 0.3) is 0 Å². The van der Waals surface area contributed by atoms with E-state index in [0.29, 0.717) is 0 Å². The molecule has 19 heavy (non-hydrogen) atoms. The molecule has 0 fully saturated rings. The highest BCUT2D eigenvalue weighted by atomic mass is 35.5. The first-order chi connectivity index (χ1) is 8.84. The van der Waals surface area contributed by atoms with Gasteiger partial charge in [0.1, 0.15) is 5.03 Å². The molecule has 2 nitrogen and oxygen atoms in total. The number of alkyl halides is 3. The second-order valence-corrected chi connectivity index (χ2v) is 5.21. The van der Waals surface area contributed by atoms with Gasteiger partial charge < -0.3 is 0 Å². The normalized spacial score (nSPS) is 11.6. The Morgan fingerprint density at radius 3 is 2.32 bits per heavy atom. The Kier molecular flexibility index (Phi) is 4.01. The quantitative estimate of drug-likeness (QED) is 0.598. The molecule has 0 bridgehead atoms. The van der Waals surface area contributed by atoms with E-state index in [2.05, 4.69) is 9.97 Å². The molecule has 0 aliphatic rings. The molecule has 0 saturated heterocycles. The molecule has 0 aliphatic heterocycles. The van der Waals surface area contributed by atoms with Crippen LogP contribution in [0.1, 0.15) is 11.3 Å². The van der Waals surface area contributed by atoms with E-state index in [1.165, 1.54) is 0 Å². The fourth-order valence-electron chi connectivity index (χ4n) is 1.32. The van der Waals surface area contributed by atoms with Gasteiger partial charge in [-0.3, -0.25) is 0 Å². The lowest BCUT2D eigenvalue weighted by Crippen LogP contribution is -2.09. The third-order valence-corrected chi connectivity index (χ3v) is 3.30. The molecule has 2 rings (SSSR count). The molecule has 0 amide bonds. The monoisotopic (exact) mass is 304 g/mol. The number of nitrogens with zero attached hydrogens (tertiary/aromatic N) is 2. The van der Waals surface area contributed by atoms with Crippen LogP contribution in [0.25, 0.3) is 0 Å². The van der Waals surface area contributed by atoms with Gasteiger partial charge in [-0.05, 0) is 30.7 Å². The Morgan fingerprint density at radius 2 is 1.74 bits per heavy atom. The van der Waals surface area contributed by atoms with Gasteiger partial charge in [0, 0.05) is 11.0 Å². The molecule has 0 N–H and O–H groups in total. The smallest absolute Gasteiger partial charge is 0.213 e. The van der Waals surface area contributed by atoms with Gasteiger partial charge in [-0.1, -0.05) is 29.5 Å². The largest absolute Gasteiger partial charge is 0.433 e. The van der Waals surface area contributed by atoms with E-state index in [9.17, 15) is 13.2 Å². The molecule has 7 heteroatoms. The van der Waals surface area contributed by atoms with Crippen LogP contribution >= 0.6 is 23.4 Å². The predicted molar refractivity (Wildman–Crippen MR) is 67.3 cm³/mol. The Balaban J connectivity index is 2.30. The summed E-state index contributed by atoms with van der Waals surface area (Å²) in [6.45, 7) is 1.93. The third kappa shape index (κ3) is 3.84. The van der Waals surface area contributed by atoms with E-state index in [-0.39, 0.29) is 5.03 Å². The standard InChI is InChI=1S/C12H8ClF3N2S/c1-7-2-4-8(5-3-7)19-10-6-9(12(14,15)16)17-11(13)18-10/h2-6H,1H3. The number of hydrogen-bond acceptors (Lipinski definition) is 3. The van der Waals surface area contributed by atoms with Gasteiger partial charge in [0.15, 0.2) is 5.69 Å². The number of hydrogen-bond donors (Lipinski definition) is 0. The van der Waals surface area contributed by atoms with E-state index in [1.807, 2.05) is 31.2 Å². The first-order valence-electron chi connectivity index (χ1n) is 5.21. The van der Waals surface area contributed by atoms with Gasteiger partial charge >= 0.3 is 6.18 Å². The van der Waals surface area contributed by atoms with Crippen LogP contribution < -0.4 is 0 Å². The van der Waals surface area contributed by atoms with Crippen molar-refractivity contribution in [3.63, 3.8) is 0 Å². The average molecular weight is 305 g/mol.